The molecule has 0 atom stereocenters. The molecule has 0 aromatic carbocycles. The molecular weight excluding hydrogens is 178 g/mol. The normalized spacial score (nSPS) is 9.92. The molecule has 0 fully saturated rings. The number of halogens is 1. The van der Waals surface area contributed by atoms with Gasteiger partial charge in [0.1, 0.15) is 0 Å². The minimum Gasteiger partial charge on any atom is -0.395 e. The fourth-order valence-corrected chi connectivity index (χ4v) is 0.878. The second-order valence-electron chi connectivity index (χ2n) is 2.36. The Morgan fingerprint density at radius 3 is 2.75 bits per heavy atom. The topological polar surface area (TPSA) is 49.2 Å². The summed E-state index contributed by atoms with van der Waals surface area (Å²) >= 11 is 5.55. The van der Waals surface area contributed by atoms with E-state index in [1.807, 2.05) is 7.05 Å². The molecule has 0 spiro atoms. The molecule has 1 N–H and O–H groups in total. The standard InChI is InChI=1S/C7H10ClN3O/c1-11(4-5-12)7-3-2-6(8)9-10-7/h2-3,12H,4-5H2,1H3. The van der Waals surface area contributed by atoms with Gasteiger partial charge in [0.05, 0.1) is 6.61 Å². The molecule has 0 aliphatic carbocycles. The quantitative estimate of drug-likeness (QED) is 0.751. The van der Waals surface area contributed by atoms with E-state index in [9.17, 15) is 0 Å². The summed E-state index contributed by atoms with van der Waals surface area (Å²) in [4.78, 5) is 1.79. The van der Waals surface area contributed by atoms with Crippen LogP contribution in [0.3, 0.4) is 0 Å². The van der Waals surface area contributed by atoms with E-state index in [4.69, 9.17) is 16.7 Å². The predicted molar refractivity (Wildman–Crippen MR) is 47.4 cm³/mol. The third kappa shape index (κ3) is 2.32. The average Bonchev–Trinajstić information content (AvgIpc) is 2.06. The zero-order valence-corrected chi connectivity index (χ0v) is 7.49. The molecule has 4 nitrogen and oxygen atoms in total. The number of likely N-dealkylation sites (N-methyl/N-ethyl adjacent to an activating group) is 1. The molecule has 0 saturated carbocycles. The lowest BCUT2D eigenvalue weighted by Gasteiger charge is -2.14. The molecular formula is C7H10ClN3O. The molecule has 0 radical (unpaired) electrons. The van der Waals surface area contributed by atoms with Crippen molar-refractivity contribution in [2.24, 2.45) is 0 Å². The molecule has 66 valence electrons. The summed E-state index contributed by atoms with van der Waals surface area (Å²) in [6, 6.07) is 3.42. The van der Waals surface area contributed by atoms with E-state index in [1.165, 1.54) is 0 Å². The number of nitrogens with zero attached hydrogens (tertiary/aromatic N) is 3. The van der Waals surface area contributed by atoms with Crippen molar-refractivity contribution in [3.05, 3.63) is 17.3 Å². The monoisotopic (exact) mass is 187 g/mol. The molecule has 0 aliphatic heterocycles. The van der Waals surface area contributed by atoms with E-state index in [2.05, 4.69) is 10.2 Å². The second-order valence-corrected chi connectivity index (χ2v) is 2.75. The zero-order chi connectivity index (χ0) is 8.97. The molecule has 12 heavy (non-hydrogen) atoms. The first-order valence-electron chi connectivity index (χ1n) is 3.55. The molecule has 0 saturated heterocycles. The van der Waals surface area contributed by atoms with Crippen LogP contribution in [-0.4, -0.2) is 35.5 Å². The molecule has 0 amide bonds. The minimum absolute atomic E-state index is 0.0980. The van der Waals surface area contributed by atoms with E-state index in [0.717, 1.165) is 0 Å². The van der Waals surface area contributed by atoms with Crippen LogP contribution in [0.15, 0.2) is 12.1 Å². The van der Waals surface area contributed by atoms with Crippen molar-refractivity contribution in [3.8, 4) is 0 Å². The highest BCUT2D eigenvalue weighted by atomic mass is 35.5. The van der Waals surface area contributed by atoms with Crippen molar-refractivity contribution in [2.75, 3.05) is 25.1 Å². The smallest absolute Gasteiger partial charge is 0.151 e. The van der Waals surface area contributed by atoms with Crippen LogP contribution in [0, 0.1) is 0 Å². The number of anilines is 1. The minimum atomic E-state index is 0.0980. The highest BCUT2D eigenvalue weighted by Gasteiger charge is 2.00. The van der Waals surface area contributed by atoms with Crippen molar-refractivity contribution >= 4 is 17.4 Å². The van der Waals surface area contributed by atoms with Crippen LogP contribution in [0.2, 0.25) is 5.15 Å². The molecule has 1 aromatic rings. The number of hydrogen-bond donors (Lipinski definition) is 1. The van der Waals surface area contributed by atoms with Crippen LogP contribution >= 0.6 is 11.6 Å². The lowest BCUT2D eigenvalue weighted by Crippen LogP contribution is -2.22. The molecule has 5 heteroatoms. The summed E-state index contributed by atoms with van der Waals surface area (Å²) in [5.74, 6) is 0.702. The number of aromatic nitrogens is 2. The molecule has 1 rings (SSSR count). The first-order chi connectivity index (χ1) is 5.74. The fourth-order valence-electron chi connectivity index (χ4n) is 0.777. The highest BCUT2D eigenvalue weighted by Crippen LogP contribution is 2.09. The van der Waals surface area contributed by atoms with Gasteiger partial charge in [-0.05, 0) is 12.1 Å². The Hall–Kier alpha value is -0.870. The van der Waals surface area contributed by atoms with Gasteiger partial charge >= 0.3 is 0 Å². The van der Waals surface area contributed by atoms with Gasteiger partial charge in [0, 0.05) is 13.6 Å². The number of rotatable bonds is 3. The Bertz CT molecular complexity index is 239. The van der Waals surface area contributed by atoms with Gasteiger partial charge in [0.15, 0.2) is 11.0 Å². The lowest BCUT2D eigenvalue weighted by molar-refractivity contribution is 0.303. The largest absolute Gasteiger partial charge is 0.395 e. The van der Waals surface area contributed by atoms with E-state index in [0.29, 0.717) is 17.5 Å². The summed E-state index contributed by atoms with van der Waals surface area (Å²) in [6.07, 6.45) is 0. The summed E-state index contributed by atoms with van der Waals surface area (Å²) in [5, 5.41) is 16.5. The predicted octanol–water partition coefficient (Wildman–Crippen LogP) is 0.558. The van der Waals surface area contributed by atoms with Crippen molar-refractivity contribution in [2.45, 2.75) is 0 Å². The van der Waals surface area contributed by atoms with Crippen LogP contribution < -0.4 is 4.90 Å². The van der Waals surface area contributed by atoms with Gasteiger partial charge in [0.25, 0.3) is 0 Å². The van der Waals surface area contributed by atoms with Gasteiger partial charge in [-0.2, -0.15) is 0 Å². The van der Waals surface area contributed by atoms with Crippen molar-refractivity contribution in [3.63, 3.8) is 0 Å². The third-order valence-corrected chi connectivity index (χ3v) is 1.65. The van der Waals surface area contributed by atoms with Crippen LogP contribution in [0.4, 0.5) is 5.82 Å². The van der Waals surface area contributed by atoms with E-state index < -0.39 is 0 Å². The van der Waals surface area contributed by atoms with Crippen LogP contribution in [-0.2, 0) is 0 Å². The molecule has 0 bridgehead atoms. The Kier molecular flexibility index (Phi) is 3.25. The first-order valence-corrected chi connectivity index (χ1v) is 3.93. The van der Waals surface area contributed by atoms with Gasteiger partial charge in [-0.3, -0.25) is 0 Å². The molecule has 0 unspecified atom stereocenters. The zero-order valence-electron chi connectivity index (χ0n) is 6.74. The molecule has 1 aromatic heterocycles. The van der Waals surface area contributed by atoms with E-state index >= 15 is 0 Å². The van der Waals surface area contributed by atoms with E-state index in [-0.39, 0.29) is 6.61 Å². The summed E-state index contributed by atoms with van der Waals surface area (Å²) in [6.45, 7) is 0.636. The number of hydrogen-bond acceptors (Lipinski definition) is 4. The second kappa shape index (κ2) is 4.23. The van der Waals surface area contributed by atoms with Crippen molar-refractivity contribution < 1.29 is 5.11 Å². The maximum atomic E-state index is 8.64. The maximum absolute atomic E-state index is 8.64. The number of aliphatic hydroxyl groups excluding tert-OH is 1. The summed E-state index contributed by atoms with van der Waals surface area (Å²) in [5.41, 5.74) is 0. The van der Waals surface area contributed by atoms with Crippen molar-refractivity contribution in [1.29, 1.82) is 0 Å². The van der Waals surface area contributed by atoms with Crippen LogP contribution in [0.1, 0.15) is 0 Å². The Balaban J connectivity index is 2.68. The fraction of sp³-hybridized carbons (Fsp3) is 0.429. The summed E-state index contributed by atoms with van der Waals surface area (Å²) < 4.78 is 0. The van der Waals surface area contributed by atoms with Gasteiger partial charge in [0.2, 0.25) is 0 Å². The number of aliphatic hydroxyl groups is 1. The van der Waals surface area contributed by atoms with Gasteiger partial charge in [-0.25, -0.2) is 0 Å². The van der Waals surface area contributed by atoms with Gasteiger partial charge < -0.3 is 10.0 Å². The average molecular weight is 188 g/mol. The van der Waals surface area contributed by atoms with Crippen molar-refractivity contribution in [1.82, 2.24) is 10.2 Å². The Morgan fingerprint density at radius 2 is 2.25 bits per heavy atom. The maximum Gasteiger partial charge on any atom is 0.151 e. The third-order valence-electron chi connectivity index (χ3n) is 1.44. The highest BCUT2D eigenvalue weighted by molar-refractivity contribution is 6.29. The lowest BCUT2D eigenvalue weighted by atomic mass is 10.5. The molecule has 0 aliphatic rings. The Morgan fingerprint density at radius 1 is 1.50 bits per heavy atom. The van der Waals surface area contributed by atoms with Gasteiger partial charge in [-0.1, -0.05) is 11.6 Å². The summed E-state index contributed by atoms with van der Waals surface area (Å²) in [7, 11) is 1.83. The van der Waals surface area contributed by atoms with Crippen LogP contribution in [0.5, 0.6) is 0 Å². The van der Waals surface area contributed by atoms with E-state index in [1.54, 1.807) is 17.0 Å². The van der Waals surface area contributed by atoms with Crippen LogP contribution in [0.25, 0.3) is 0 Å². The molecule has 1 heterocycles. The first kappa shape index (κ1) is 9.22. The SMILES string of the molecule is CN(CCO)c1ccc(Cl)nn1. The van der Waals surface area contributed by atoms with Gasteiger partial charge in [-0.15, -0.1) is 10.2 Å². The Labute approximate surface area is 75.8 Å².